The summed E-state index contributed by atoms with van der Waals surface area (Å²) < 4.78 is 0.864. The van der Waals surface area contributed by atoms with Gasteiger partial charge < -0.3 is 5.32 Å². The van der Waals surface area contributed by atoms with E-state index < -0.39 is 0 Å². The molecule has 14 heavy (non-hydrogen) atoms. The Morgan fingerprint density at radius 2 is 2.21 bits per heavy atom. The van der Waals surface area contributed by atoms with Crippen LogP contribution in [0.4, 0.5) is 5.69 Å². The summed E-state index contributed by atoms with van der Waals surface area (Å²) in [4.78, 5) is 0. The fourth-order valence-corrected chi connectivity index (χ4v) is 1.52. The molecule has 3 heteroatoms. The Bertz CT molecular complexity index is 412. The summed E-state index contributed by atoms with van der Waals surface area (Å²) in [7, 11) is 0. The van der Waals surface area contributed by atoms with Gasteiger partial charge in [-0.3, -0.25) is 0 Å². The van der Waals surface area contributed by atoms with Crippen LogP contribution in [0.15, 0.2) is 22.7 Å². The van der Waals surface area contributed by atoms with E-state index in [2.05, 4.69) is 33.2 Å². The van der Waals surface area contributed by atoms with Crippen LogP contribution in [0.1, 0.15) is 12.5 Å². The number of benzene rings is 1. The molecule has 1 unspecified atom stereocenters. The van der Waals surface area contributed by atoms with E-state index in [-0.39, 0.29) is 6.04 Å². The fraction of sp³-hybridized carbons (Fsp3) is 0.182. The van der Waals surface area contributed by atoms with Crippen molar-refractivity contribution >= 4 is 21.6 Å². The van der Waals surface area contributed by atoms with Gasteiger partial charge in [-0.2, -0.15) is 5.26 Å². The van der Waals surface area contributed by atoms with E-state index in [4.69, 9.17) is 11.7 Å². The van der Waals surface area contributed by atoms with Crippen molar-refractivity contribution in [2.24, 2.45) is 0 Å². The minimum atomic E-state index is -0.0455. The second kappa shape index (κ2) is 4.69. The van der Waals surface area contributed by atoms with Crippen molar-refractivity contribution in [2.75, 3.05) is 5.32 Å². The van der Waals surface area contributed by atoms with E-state index in [0.29, 0.717) is 5.56 Å². The van der Waals surface area contributed by atoms with Gasteiger partial charge in [-0.15, -0.1) is 6.42 Å². The van der Waals surface area contributed by atoms with Crippen LogP contribution >= 0.6 is 15.9 Å². The highest BCUT2D eigenvalue weighted by Gasteiger charge is 2.00. The first-order chi connectivity index (χ1) is 6.65. The minimum Gasteiger partial charge on any atom is -0.372 e. The summed E-state index contributed by atoms with van der Waals surface area (Å²) in [6.45, 7) is 1.88. The molecule has 0 saturated carbocycles. The normalized spacial score (nSPS) is 11.1. The van der Waals surface area contributed by atoms with E-state index in [9.17, 15) is 0 Å². The molecule has 0 radical (unpaired) electrons. The molecule has 0 bridgehead atoms. The highest BCUT2D eigenvalue weighted by atomic mass is 79.9. The van der Waals surface area contributed by atoms with Gasteiger partial charge in [0.15, 0.2) is 0 Å². The SMILES string of the molecule is C#CC(C)Nc1cc(Br)cc(C#N)c1. The van der Waals surface area contributed by atoms with Crippen LogP contribution < -0.4 is 5.32 Å². The molecule has 0 aliphatic carbocycles. The lowest BCUT2D eigenvalue weighted by atomic mass is 10.2. The maximum Gasteiger partial charge on any atom is 0.0992 e. The predicted molar refractivity (Wildman–Crippen MR) is 60.8 cm³/mol. The third kappa shape index (κ3) is 2.80. The van der Waals surface area contributed by atoms with Crippen molar-refractivity contribution in [3.05, 3.63) is 28.2 Å². The lowest BCUT2D eigenvalue weighted by Gasteiger charge is -2.09. The molecular weight excluding hydrogens is 240 g/mol. The highest BCUT2D eigenvalue weighted by Crippen LogP contribution is 2.19. The fourth-order valence-electron chi connectivity index (χ4n) is 1.03. The van der Waals surface area contributed by atoms with Crippen LogP contribution in [-0.4, -0.2) is 6.04 Å². The van der Waals surface area contributed by atoms with Gasteiger partial charge in [0.2, 0.25) is 0 Å². The Balaban J connectivity index is 2.95. The summed E-state index contributed by atoms with van der Waals surface area (Å²) in [5.41, 5.74) is 1.45. The zero-order chi connectivity index (χ0) is 10.6. The minimum absolute atomic E-state index is 0.0455. The quantitative estimate of drug-likeness (QED) is 0.818. The Kier molecular flexibility index (Phi) is 3.56. The molecule has 0 amide bonds. The molecule has 1 aromatic carbocycles. The number of nitriles is 1. The monoisotopic (exact) mass is 248 g/mol. The summed E-state index contributed by atoms with van der Waals surface area (Å²) >= 11 is 3.32. The van der Waals surface area contributed by atoms with Crippen molar-refractivity contribution in [2.45, 2.75) is 13.0 Å². The van der Waals surface area contributed by atoms with Crippen LogP contribution in [0.5, 0.6) is 0 Å². The lowest BCUT2D eigenvalue weighted by molar-refractivity contribution is 1.03. The number of nitrogens with zero attached hydrogens (tertiary/aromatic N) is 1. The molecule has 0 aliphatic rings. The van der Waals surface area contributed by atoms with E-state index in [1.807, 2.05) is 13.0 Å². The molecule has 0 spiro atoms. The zero-order valence-electron chi connectivity index (χ0n) is 7.71. The summed E-state index contributed by atoms with van der Waals surface area (Å²) in [6.07, 6.45) is 5.24. The van der Waals surface area contributed by atoms with Gasteiger partial charge in [0.25, 0.3) is 0 Å². The van der Waals surface area contributed by atoms with Crippen molar-refractivity contribution in [1.29, 1.82) is 5.26 Å². The van der Waals surface area contributed by atoms with Gasteiger partial charge in [0.05, 0.1) is 17.7 Å². The van der Waals surface area contributed by atoms with Gasteiger partial charge in [0.1, 0.15) is 0 Å². The van der Waals surface area contributed by atoms with Crippen molar-refractivity contribution in [1.82, 2.24) is 0 Å². The molecule has 0 heterocycles. The van der Waals surface area contributed by atoms with Gasteiger partial charge >= 0.3 is 0 Å². The van der Waals surface area contributed by atoms with Gasteiger partial charge in [0, 0.05) is 10.2 Å². The maximum atomic E-state index is 8.74. The second-order valence-corrected chi connectivity index (χ2v) is 3.79. The van der Waals surface area contributed by atoms with E-state index in [1.165, 1.54) is 0 Å². The van der Waals surface area contributed by atoms with Gasteiger partial charge in [-0.1, -0.05) is 21.9 Å². The second-order valence-electron chi connectivity index (χ2n) is 2.87. The first-order valence-corrected chi connectivity index (χ1v) is 4.88. The first-order valence-electron chi connectivity index (χ1n) is 4.09. The van der Waals surface area contributed by atoms with Crippen LogP contribution in [0.2, 0.25) is 0 Å². The highest BCUT2D eigenvalue weighted by molar-refractivity contribution is 9.10. The maximum absolute atomic E-state index is 8.74. The Morgan fingerprint density at radius 1 is 1.50 bits per heavy atom. The molecule has 1 atom stereocenters. The standard InChI is InChI=1S/C11H9BrN2/c1-3-8(2)14-11-5-9(7-13)4-10(12)6-11/h1,4-6,8,14H,2H3. The van der Waals surface area contributed by atoms with Crippen LogP contribution in [0.3, 0.4) is 0 Å². The summed E-state index contributed by atoms with van der Waals surface area (Å²) in [5, 5.41) is 11.8. The van der Waals surface area contributed by atoms with Crippen molar-refractivity contribution in [3.8, 4) is 18.4 Å². The van der Waals surface area contributed by atoms with Crippen LogP contribution in [-0.2, 0) is 0 Å². The Hall–Kier alpha value is -1.45. The number of hydrogen-bond acceptors (Lipinski definition) is 2. The van der Waals surface area contributed by atoms with E-state index >= 15 is 0 Å². The third-order valence-corrected chi connectivity index (χ3v) is 2.12. The largest absolute Gasteiger partial charge is 0.372 e. The summed E-state index contributed by atoms with van der Waals surface area (Å²) in [6, 6.07) is 7.43. The lowest BCUT2D eigenvalue weighted by Crippen LogP contribution is -2.11. The number of nitrogens with one attached hydrogen (secondary N) is 1. The first kappa shape index (κ1) is 10.6. The van der Waals surface area contributed by atoms with Crippen LogP contribution in [0, 0.1) is 23.7 Å². The molecule has 1 aromatic rings. The van der Waals surface area contributed by atoms with Crippen molar-refractivity contribution in [3.63, 3.8) is 0 Å². The average molecular weight is 249 g/mol. The van der Waals surface area contributed by atoms with Gasteiger partial charge in [-0.05, 0) is 25.1 Å². The molecule has 0 aromatic heterocycles. The molecule has 1 rings (SSSR count). The zero-order valence-corrected chi connectivity index (χ0v) is 9.30. The average Bonchev–Trinajstić information content (AvgIpc) is 2.16. The van der Waals surface area contributed by atoms with Gasteiger partial charge in [-0.25, -0.2) is 0 Å². The third-order valence-electron chi connectivity index (χ3n) is 1.66. The smallest absolute Gasteiger partial charge is 0.0992 e. The van der Waals surface area contributed by atoms with Crippen molar-refractivity contribution < 1.29 is 0 Å². The number of hydrogen-bond donors (Lipinski definition) is 1. The molecule has 1 N–H and O–H groups in total. The van der Waals surface area contributed by atoms with Crippen LogP contribution in [0.25, 0.3) is 0 Å². The number of terminal acetylenes is 1. The molecule has 0 aliphatic heterocycles. The number of anilines is 1. The topological polar surface area (TPSA) is 35.8 Å². The molecular formula is C11H9BrN2. The molecule has 70 valence electrons. The number of halogens is 1. The molecule has 0 saturated heterocycles. The Morgan fingerprint density at radius 3 is 2.79 bits per heavy atom. The predicted octanol–water partition coefficient (Wildman–Crippen LogP) is 2.75. The Labute approximate surface area is 92.1 Å². The number of rotatable bonds is 2. The van der Waals surface area contributed by atoms with E-state index in [0.717, 1.165) is 10.2 Å². The van der Waals surface area contributed by atoms with E-state index in [1.54, 1.807) is 12.1 Å². The summed E-state index contributed by atoms with van der Waals surface area (Å²) in [5.74, 6) is 2.56. The molecule has 2 nitrogen and oxygen atoms in total. The molecule has 0 fully saturated rings.